The summed E-state index contributed by atoms with van der Waals surface area (Å²) in [6.07, 6.45) is 5.77. The molecule has 0 atom stereocenters. The molecule has 0 bridgehead atoms. The zero-order valence-corrected chi connectivity index (χ0v) is 14.1. The zero-order chi connectivity index (χ0) is 16.4. The summed E-state index contributed by atoms with van der Waals surface area (Å²) in [6.45, 7) is 0.918. The highest BCUT2D eigenvalue weighted by atomic mass is 32.1. The maximum Gasteiger partial charge on any atom is 0.276 e. The van der Waals surface area contributed by atoms with Crippen LogP contribution in [-0.2, 0) is 19.4 Å². The molecule has 3 aromatic rings. The zero-order valence-electron chi connectivity index (χ0n) is 13.2. The lowest BCUT2D eigenvalue weighted by Gasteiger charge is -2.16. The highest BCUT2D eigenvalue weighted by molar-refractivity contribution is 7.09. The standard InChI is InChI=1S/C18H18N4OS/c23-18(21-16-11-19-15-8-4-5-9-22(15)16)14-12-24-17(20-14)10-13-6-2-1-3-7-13/h1-3,6-7,11-12H,4-5,8-10H2,(H,21,23). The molecule has 24 heavy (non-hydrogen) atoms. The predicted octanol–water partition coefficient (Wildman–Crippen LogP) is 3.52. The lowest BCUT2D eigenvalue weighted by molar-refractivity contribution is 0.102. The fraction of sp³-hybridized carbons (Fsp3) is 0.278. The lowest BCUT2D eigenvalue weighted by Crippen LogP contribution is -2.18. The van der Waals surface area contributed by atoms with Crippen molar-refractivity contribution in [3.8, 4) is 0 Å². The number of nitrogens with one attached hydrogen (secondary N) is 1. The first kappa shape index (κ1) is 15.1. The number of hydrogen-bond donors (Lipinski definition) is 1. The molecule has 1 aliphatic rings. The summed E-state index contributed by atoms with van der Waals surface area (Å²) in [5.41, 5.74) is 1.67. The Balaban J connectivity index is 1.46. The van der Waals surface area contributed by atoms with Crippen molar-refractivity contribution in [1.29, 1.82) is 0 Å². The van der Waals surface area contributed by atoms with E-state index in [-0.39, 0.29) is 5.91 Å². The van der Waals surface area contributed by atoms with E-state index in [2.05, 4.69) is 32.0 Å². The average molecular weight is 338 g/mol. The number of carbonyl (C=O) groups is 1. The van der Waals surface area contributed by atoms with E-state index < -0.39 is 0 Å². The summed E-state index contributed by atoms with van der Waals surface area (Å²) >= 11 is 1.52. The van der Waals surface area contributed by atoms with Gasteiger partial charge in [0.2, 0.25) is 0 Å². The Morgan fingerprint density at radius 3 is 3.00 bits per heavy atom. The van der Waals surface area contributed by atoms with Crippen molar-refractivity contribution in [3.05, 3.63) is 64.0 Å². The summed E-state index contributed by atoms with van der Waals surface area (Å²) in [6, 6.07) is 10.2. The summed E-state index contributed by atoms with van der Waals surface area (Å²) in [4.78, 5) is 21.3. The molecule has 5 nitrogen and oxygen atoms in total. The van der Waals surface area contributed by atoms with Gasteiger partial charge in [0.1, 0.15) is 17.3 Å². The van der Waals surface area contributed by atoms with Crippen molar-refractivity contribution in [3.63, 3.8) is 0 Å². The Bertz CT molecular complexity index is 853. The van der Waals surface area contributed by atoms with Gasteiger partial charge in [-0.1, -0.05) is 30.3 Å². The average Bonchev–Trinajstić information content (AvgIpc) is 3.24. The second kappa shape index (κ2) is 6.57. The van der Waals surface area contributed by atoms with Gasteiger partial charge >= 0.3 is 0 Å². The molecule has 0 radical (unpaired) electrons. The van der Waals surface area contributed by atoms with E-state index in [4.69, 9.17) is 0 Å². The maximum absolute atomic E-state index is 12.5. The number of imidazole rings is 1. The van der Waals surface area contributed by atoms with E-state index >= 15 is 0 Å². The molecule has 3 heterocycles. The first-order valence-electron chi connectivity index (χ1n) is 8.14. The first-order valence-corrected chi connectivity index (χ1v) is 9.01. The topological polar surface area (TPSA) is 59.8 Å². The number of thiazole rings is 1. The quantitative estimate of drug-likeness (QED) is 0.792. The Labute approximate surface area is 144 Å². The third-order valence-electron chi connectivity index (χ3n) is 4.19. The van der Waals surface area contributed by atoms with Crippen LogP contribution in [0.1, 0.15) is 39.7 Å². The van der Waals surface area contributed by atoms with Crippen molar-refractivity contribution < 1.29 is 4.79 Å². The van der Waals surface area contributed by atoms with Crippen molar-refractivity contribution in [2.45, 2.75) is 32.2 Å². The summed E-state index contributed by atoms with van der Waals surface area (Å²) in [5, 5.41) is 5.72. The van der Waals surface area contributed by atoms with Crippen LogP contribution in [0, 0.1) is 0 Å². The monoisotopic (exact) mass is 338 g/mol. The predicted molar refractivity (Wildman–Crippen MR) is 94.5 cm³/mol. The second-order valence-corrected chi connectivity index (χ2v) is 6.85. The molecule has 0 unspecified atom stereocenters. The number of nitrogens with zero attached hydrogens (tertiary/aromatic N) is 3. The fourth-order valence-electron chi connectivity index (χ4n) is 2.96. The van der Waals surface area contributed by atoms with Gasteiger partial charge in [0.25, 0.3) is 5.91 Å². The van der Waals surface area contributed by atoms with Crippen molar-refractivity contribution in [1.82, 2.24) is 14.5 Å². The van der Waals surface area contributed by atoms with Crippen LogP contribution in [-0.4, -0.2) is 20.4 Å². The minimum atomic E-state index is -0.168. The van der Waals surface area contributed by atoms with Gasteiger partial charge in [0.15, 0.2) is 0 Å². The van der Waals surface area contributed by atoms with Crippen LogP contribution in [0.3, 0.4) is 0 Å². The maximum atomic E-state index is 12.5. The van der Waals surface area contributed by atoms with E-state index in [9.17, 15) is 4.79 Å². The minimum absolute atomic E-state index is 0.168. The molecule has 0 fully saturated rings. The molecule has 4 rings (SSSR count). The minimum Gasteiger partial charge on any atom is -0.315 e. The molecule has 0 saturated heterocycles. The van der Waals surface area contributed by atoms with E-state index in [1.54, 1.807) is 6.20 Å². The Kier molecular flexibility index (Phi) is 4.13. The van der Waals surface area contributed by atoms with Gasteiger partial charge in [0.05, 0.1) is 11.2 Å². The number of amides is 1. The Hall–Kier alpha value is -2.47. The number of fused-ring (bicyclic) bond motifs is 1. The molecular formula is C18H18N4OS. The highest BCUT2D eigenvalue weighted by Gasteiger charge is 2.17. The van der Waals surface area contributed by atoms with E-state index in [1.807, 2.05) is 23.6 Å². The number of benzene rings is 1. The first-order chi connectivity index (χ1) is 11.8. The van der Waals surface area contributed by atoms with Crippen LogP contribution < -0.4 is 5.32 Å². The number of rotatable bonds is 4. The second-order valence-electron chi connectivity index (χ2n) is 5.91. The number of carbonyl (C=O) groups excluding carboxylic acids is 1. The van der Waals surface area contributed by atoms with Crippen molar-refractivity contribution in [2.24, 2.45) is 0 Å². The molecule has 6 heteroatoms. The number of aryl methyl sites for hydroxylation is 1. The van der Waals surface area contributed by atoms with Gasteiger partial charge in [-0.25, -0.2) is 9.97 Å². The molecule has 1 amide bonds. The van der Waals surface area contributed by atoms with Crippen LogP contribution in [0.25, 0.3) is 0 Å². The van der Waals surface area contributed by atoms with Crippen LogP contribution in [0.2, 0.25) is 0 Å². The normalized spacial score (nSPS) is 13.5. The van der Waals surface area contributed by atoms with Crippen molar-refractivity contribution in [2.75, 3.05) is 5.32 Å². The number of hydrogen-bond acceptors (Lipinski definition) is 4. The summed E-state index contributed by atoms with van der Waals surface area (Å²) in [5.74, 6) is 1.66. The van der Waals surface area contributed by atoms with Crippen LogP contribution in [0.4, 0.5) is 5.82 Å². The SMILES string of the molecule is O=C(Nc1cnc2n1CCCC2)c1csc(Cc2ccccc2)n1. The lowest BCUT2D eigenvalue weighted by atomic mass is 10.2. The highest BCUT2D eigenvalue weighted by Crippen LogP contribution is 2.21. The number of aromatic nitrogens is 3. The molecule has 2 aromatic heterocycles. The third kappa shape index (κ3) is 3.10. The fourth-order valence-corrected chi connectivity index (χ4v) is 3.77. The molecule has 122 valence electrons. The van der Waals surface area contributed by atoms with Crippen LogP contribution in [0.15, 0.2) is 41.9 Å². The largest absolute Gasteiger partial charge is 0.315 e. The van der Waals surface area contributed by atoms with Gasteiger partial charge in [-0.2, -0.15) is 0 Å². The van der Waals surface area contributed by atoms with Crippen LogP contribution >= 0.6 is 11.3 Å². The van der Waals surface area contributed by atoms with E-state index in [0.717, 1.165) is 42.5 Å². The summed E-state index contributed by atoms with van der Waals surface area (Å²) in [7, 11) is 0. The van der Waals surface area contributed by atoms with Crippen molar-refractivity contribution >= 4 is 23.1 Å². The van der Waals surface area contributed by atoms with Crippen LogP contribution in [0.5, 0.6) is 0 Å². The number of anilines is 1. The van der Waals surface area contributed by atoms with E-state index in [0.29, 0.717) is 5.69 Å². The molecular weight excluding hydrogens is 320 g/mol. The van der Waals surface area contributed by atoms with Gasteiger partial charge in [-0.3, -0.25) is 4.79 Å². The molecule has 1 aromatic carbocycles. The molecule has 1 N–H and O–H groups in total. The molecule has 1 aliphatic heterocycles. The smallest absolute Gasteiger partial charge is 0.276 e. The van der Waals surface area contributed by atoms with Gasteiger partial charge in [0, 0.05) is 24.8 Å². The Morgan fingerprint density at radius 2 is 2.12 bits per heavy atom. The molecule has 0 aliphatic carbocycles. The third-order valence-corrected chi connectivity index (χ3v) is 5.04. The van der Waals surface area contributed by atoms with E-state index in [1.165, 1.54) is 23.3 Å². The van der Waals surface area contributed by atoms with Gasteiger partial charge in [-0.15, -0.1) is 11.3 Å². The molecule has 0 saturated carbocycles. The Morgan fingerprint density at radius 1 is 1.25 bits per heavy atom. The molecule has 0 spiro atoms. The summed E-state index contributed by atoms with van der Waals surface area (Å²) < 4.78 is 2.10. The van der Waals surface area contributed by atoms with Gasteiger partial charge in [-0.05, 0) is 18.4 Å². The van der Waals surface area contributed by atoms with Gasteiger partial charge < -0.3 is 9.88 Å².